The standard InChI is InChI=1S/C18H16FN3O5/c19-12-5-10-11(6-13(12)20-9-3-8(4-9)7-23)18(27)22(17(10)26)14-1-2-15(24)21-16(14)25/h5-9,14,20H,1-4H2,(H,21,24,25). The summed E-state index contributed by atoms with van der Waals surface area (Å²) in [5.74, 6) is -3.35. The average molecular weight is 373 g/mol. The largest absolute Gasteiger partial charge is 0.380 e. The van der Waals surface area contributed by atoms with Crippen molar-refractivity contribution in [3.05, 3.63) is 29.1 Å². The summed E-state index contributed by atoms with van der Waals surface area (Å²) in [5.41, 5.74) is -0.0126. The molecule has 0 radical (unpaired) electrons. The molecule has 1 aromatic rings. The molecule has 0 spiro atoms. The topological polar surface area (TPSA) is 113 Å². The highest BCUT2D eigenvalue weighted by Gasteiger charge is 2.45. The second kappa shape index (κ2) is 6.26. The molecule has 8 nitrogen and oxygen atoms in total. The molecule has 27 heavy (non-hydrogen) atoms. The first kappa shape index (κ1) is 17.3. The number of anilines is 1. The van der Waals surface area contributed by atoms with Gasteiger partial charge in [0, 0.05) is 18.4 Å². The van der Waals surface area contributed by atoms with Gasteiger partial charge in [-0.3, -0.25) is 29.4 Å². The van der Waals surface area contributed by atoms with Gasteiger partial charge in [0.15, 0.2) is 0 Å². The van der Waals surface area contributed by atoms with Crippen LogP contribution in [0.25, 0.3) is 0 Å². The number of carbonyl (C=O) groups is 5. The number of nitrogens with one attached hydrogen (secondary N) is 2. The number of hydrogen-bond donors (Lipinski definition) is 2. The van der Waals surface area contributed by atoms with Crippen LogP contribution in [0.2, 0.25) is 0 Å². The van der Waals surface area contributed by atoms with E-state index in [1.165, 1.54) is 6.07 Å². The van der Waals surface area contributed by atoms with E-state index in [1.54, 1.807) is 0 Å². The number of benzene rings is 1. The van der Waals surface area contributed by atoms with Crippen LogP contribution in [0.5, 0.6) is 0 Å². The van der Waals surface area contributed by atoms with Gasteiger partial charge in [-0.1, -0.05) is 0 Å². The van der Waals surface area contributed by atoms with Gasteiger partial charge in [0.2, 0.25) is 11.8 Å². The Bertz CT molecular complexity index is 893. The molecular formula is C18H16FN3O5. The molecule has 1 unspecified atom stereocenters. The van der Waals surface area contributed by atoms with Crippen molar-refractivity contribution in [1.29, 1.82) is 0 Å². The summed E-state index contributed by atoms with van der Waals surface area (Å²) in [5, 5.41) is 5.05. The van der Waals surface area contributed by atoms with E-state index in [0.717, 1.165) is 17.3 Å². The number of amides is 4. The van der Waals surface area contributed by atoms with E-state index < -0.39 is 35.5 Å². The lowest BCUT2D eigenvalue weighted by molar-refractivity contribution is -0.136. The molecule has 1 aromatic carbocycles. The minimum atomic E-state index is -1.09. The third-order valence-corrected chi connectivity index (χ3v) is 5.25. The second-order valence-corrected chi connectivity index (χ2v) is 7.03. The van der Waals surface area contributed by atoms with Crippen molar-refractivity contribution < 1.29 is 28.4 Å². The highest BCUT2D eigenvalue weighted by Crippen LogP contribution is 2.34. The van der Waals surface area contributed by atoms with Gasteiger partial charge in [0.1, 0.15) is 18.1 Å². The predicted octanol–water partition coefficient (Wildman–Crippen LogP) is 0.616. The van der Waals surface area contributed by atoms with Crippen molar-refractivity contribution in [1.82, 2.24) is 10.2 Å². The molecule has 2 N–H and O–H groups in total. The Balaban J connectivity index is 1.59. The fourth-order valence-corrected chi connectivity index (χ4v) is 3.71. The van der Waals surface area contributed by atoms with Crippen LogP contribution in [0.15, 0.2) is 12.1 Å². The second-order valence-electron chi connectivity index (χ2n) is 7.03. The zero-order chi connectivity index (χ0) is 19.3. The minimum absolute atomic E-state index is 0.0138. The molecule has 0 bridgehead atoms. The maximum atomic E-state index is 14.4. The van der Waals surface area contributed by atoms with Crippen LogP contribution in [0.4, 0.5) is 10.1 Å². The van der Waals surface area contributed by atoms with Crippen molar-refractivity contribution in [2.75, 3.05) is 5.32 Å². The molecule has 2 aliphatic heterocycles. The van der Waals surface area contributed by atoms with Crippen LogP contribution in [-0.2, 0) is 14.4 Å². The number of imide groups is 2. The van der Waals surface area contributed by atoms with E-state index in [-0.39, 0.29) is 41.6 Å². The number of nitrogens with zero attached hydrogens (tertiary/aromatic N) is 1. The summed E-state index contributed by atoms with van der Waals surface area (Å²) >= 11 is 0. The Morgan fingerprint density at radius 3 is 2.41 bits per heavy atom. The molecule has 1 saturated carbocycles. The molecule has 2 fully saturated rings. The molecule has 140 valence electrons. The molecule has 2 heterocycles. The minimum Gasteiger partial charge on any atom is -0.380 e. The van der Waals surface area contributed by atoms with Gasteiger partial charge in [-0.25, -0.2) is 4.39 Å². The van der Waals surface area contributed by atoms with E-state index in [2.05, 4.69) is 10.6 Å². The summed E-state index contributed by atoms with van der Waals surface area (Å²) in [7, 11) is 0. The number of hydrogen-bond acceptors (Lipinski definition) is 6. The van der Waals surface area contributed by atoms with Gasteiger partial charge in [0.25, 0.3) is 11.8 Å². The number of piperidine rings is 1. The maximum Gasteiger partial charge on any atom is 0.262 e. The number of aldehydes is 1. The third-order valence-electron chi connectivity index (χ3n) is 5.25. The molecule has 1 saturated heterocycles. The highest BCUT2D eigenvalue weighted by molar-refractivity contribution is 6.23. The van der Waals surface area contributed by atoms with Crippen LogP contribution < -0.4 is 10.6 Å². The molecular weight excluding hydrogens is 357 g/mol. The van der Waals surface area contributed by atoms with E-state index in [1.807, 2.05) is 0 Å². The quantitative estimate of drug-likeness (QED) is 0.591. The lowest BCUT2D eigenvalue weighted by Crippen LogP contribution is -2.54. The zero-order valence-electron chi connectivity index (χ0n) is 14.2. The Labute approximate surface area is 153 Å². The lowest BCUT2D eigenvalue weighted by atomic mass is 9.81. The third kappa shape index (κ3) is 2.79. The van der Waals surface area contributed by atoms with Gasteiger partial charge in [-0.05, 0) is 31.4 Å². The molecule has 4 rings (SSSR count). The van der Waals surface area contributed by atoms with Gasteiger partial charge < -0.3 is 10.1 Å². The Hall–Kier alpha value is -3.10. The first-order chi connectivity index (χ1) is 12.9. The van der Waals surface area contributed by atoms with Crippen LogP contribution in [0.3, 0.4) is 0 Å². The Morgan fingerprint density at radius 2 is 1.78 bits per heavy atom. The van der Waals surface area contributed by atoms with E-state index in [0.29, 0.717) is 12.8 Å². The van der Waals surface area contributed by atoms with Gasteiger partial charge in [0.05, 0.1) is 16.8 Å². The van der Waals surface area contributed by atoms with Gasteiger partial charge in [-0.15, -0.1) is 0 Å². The van der Waals surface area contributed by atoms with Crippen LogP contribution >= 0.6 is 0 Å². The Kier molecular flexibility index (Phi) is 4.01. The van der Waals surface area contributed by atoms with Crippen LogP contribution in [0.1, 0.15) is 46.4 Å². The Morgan fingerprint density at radius 1 is 1.11 bits per heavy atom. The number of rotatable bonds is 4. The monoisotopic (exact) mass is 373 g/mol. The van der Waals surface area contributed by atoms with Gasteiger partial charge >= 0.3 is 0 Å². The smallest absolute Gasteiger partial charge is 0.262 e. The fraction of sp³-hybridized carbons (Fsp3) is 0.389. The molecule has 1 aliphatic carbocycles. The summed E-state index contributed by atoms with van der Waals surface area (Å²) < 4.78 is 14.4. The summed E-state index contributed by atoms with van der Waals surface area (Å²) in [6.45, 7) is 0. The predicted molar refractivity (Wildman–Crippen MR) is 89.3 cm³/mol. The van der Waals surface area contributed by atoms with Crippen molar-refractivity contribution in [3.8, 4) is 0 Å². The maximum absolute atomic E-state index is 14.4. The lowest BCUT2D eigenvalue weighted by Gasteiger charge is -2.33. The number of carbonyl (C=O) groups excluding carboxylic acids is 5. The summed E-state index contributed by atoms with van der Waals surface area (Å²) in [6.07, 6.45) is 2.07. The number of halogens is 1. The van der Waals surface area contributed by atoms with E-state index in [4.69, 9.17) is 0 Å². The molecule has 9 heteroatoms. The summed E-state index contributed by atoms with van der Waals surface area (Å²) in [6, 6.07) is 1.09. The summed E-state index contributed by atoms with van der Waals surface area (Å²) in [4.78, 5) is 60.1. The van der Waals surface area contributed by atoms with E-state index >= 15 is 0 Å². The van der Waals surface area contributed by atoms with E-state index in [9.17, 15) is 28.4 Å². The zero-order valence-corrected chi connectivity index (χ0v) is 14.2. The van der Waals surface area contributed by atoms with Crippen LogP contribution in [-0.4, -0.2) is 46.9 Å². The molecule has 1 atom stereocenters. The van der Waals surface area contributed by atoms with Crippen LogP contribution in [0, 0.1) is 11.7 Å². The number of fused-ring (bicyclic) bond motifs is 1. The molecule has 4 amide bonds. The first-order valence-electron chi connectivity index (χ1n) is 8.66. The van der Waals surface area contributed by atoms with Crippen molar-refractivity contribution in [2.45, 2.75) is 37.8 Å². The van der Waals surface area contributed by atoms with Gasteiger partial charge in [-0.2, -0.15) is 0 Å². The van der Waals surface area contributed by atoms with Crippen molar-refractivity contribution in [2.24, 2.45) is 5.92 Å². The van der Waals surface area contributed by atoms with Crippen molar-refractivity contribution in [3.63, 3.8) is 0 Å². The average Bonchev–Trinajstić information content (AvgIpc) is 2.82. The SMILES string of the molecule is O=CC1CC(Nc2cc3c(cc2F)C(=O)N(C2CCC(=O)NC2=O)C3=O)C1. The fourth-order valence-electron chi connectivity index (χ4n) is 3.71. The normalized spacial score (nSPS) is 27.1. The molecule has 3 aliphatic rings. The first-order valence-corrected chi connectivity index (χ1v) is 8.66. The molecule has 0 aromatic heterocycles. The highest BCUT2D eigenvalue weighted by atomic mass is 19.1. The van der Waals surface area contributed by atoms with Crippen molar-refractivity contribution >= 4 is 35.6 Å².